The van der Waals surface area contributed by atoms with Crippen molar-refractivity contribution in [2.45, 2.75) is 51.4 Å². The first kappa shape index (κ1) is 21.9. The van der Waals surface area contributed by atoms with Crippen molar-refractivity contribution in [3.05, 3.63) is 66.0 Å². The Balaban J connectivity index is 1.59. The first-order valence-corrected chi connectivity index (χ1v) is 11.1. The molecule has 0 bridgehead atoms. The average Bonchev–Trinajstić information content (AvgIpc) is 3.16. The Morgan fingerprint density at radius 2 is 1.77 bits per heavy atom. The van der Waals surface area contributed by atoms with E-state index in [1.165, 1.54) is 17.3 Å². The quantitative estimate of drug-likeness (QED) is 0.473. The maximum absolute atomic E-state index is 12.4. The van der Waals surface area contributed by atoms with Gasteiger partial charge in [0.2, 0.25) is 5.91 Å². The predicted molar refractivity (Wildman–Crippen MR) is 121 cm³/mol. The van der Waals surface area contributed by atoms with Crippen LogP contribution < -0.4 is 10.1 Å². The van der Waals surface area contributed by atoms with E-state index in [2.05, 4.69) is 29.4 Å². The number of nitrogens with zero attached hydrogens (tertiary/aromatic N) is 3. The van der Waals surface area contributed by atoms with Crippen LogP contribution in [0.4, 0.5) is 5.69 Å². The summed E-state index contributed by atoms with van der Waals surface area (Å²) < 4.78 is 7.96. The number of amides is 1. The fraction of sp³-hybridized carbons (Fsp3) is 0.348. The molecule has 1 atom stereocenters. The van der Waals surface area contributed by atoms with Gasteiger partial charge in [0.1, 0.15) is 5.75 Å². The lowest BCUT2D eigenvalue weighted by Crippen LogP contribution is -2.15. The van der Waals surface area contributed by atoms with Gasteiger partial charge in [-0.2, -0.15) is 0 Å². The molecular weight excluding hydrogens is 396 g/mol. The lowest BCUT2D eigenvalue weighted by molar-refractivity contribution is -0.113. The van der Waals surface area contributed by atoms with Gasteiger partial charge < -0.3 is 14.6 Å². The zero-order chi connectivity index (χ0) is 21.5. The Kier molecular flexibility index (Phi) is 7.52. The van der Waals surface area contributed by atoms with E-state index in [1.54, 1.807) is 0 Å². The number of benzene rings is 2. The molecule has 1 N–H and O–H groups in total. The summed E-state index contributed by atoms with van der Waals surface area (Å²) in [6.07, 6.45) is -0.248. The molecule has 30 heavy (non-hydrogen) atoms. The van der Waals surface area contributed by atoms with Gasteiger partial charge in [-0.25, -0.2) is 0 Å². The molecule has 0 radical (unpaired) electrons. The standard InChI is InChI=1S/C23H28N4O2S/c1-5-27-22(17(4)29-20-9-7-6-8-10-20)25-26-23(27)30-15-21(28)24-19-13-11-18(12-14-19)16(2)3/h6-14,16-17H,5,15H2,1-4H3,(H,24,28)/t17-/m1/s1. The van der Waals surface area contributed by atoms with Gasteiger partial charge in [-0.3, -0.25) is 4.79 Å². The maximum atomic E-state index is 12.4. The number of para-hydroxylation sites is 1. The van der Waals surface area contributed by atoms with Gasteiger partial charge in [0.15, 0.2) is 17.1 Å². The molecule has 1 aromatic heterocycles. The third-order valence-electron chi connectivity index (χ3n) is 4.67. The van der Waals surface area contributed by atoms with Crippen molar-refractivity contribution in [2.24, 2.45) is 0 Å². The van der Waals surface area contributed by atoms with E-state index < -0.39 is 0 Å². The summed E-state index contributed by atoms with van der Waals surface area (Å²) in [5.41, 5.74) is 2.05. The molecular formula is C23H28N4O2S. The molecule has 2 aromatic carbocycles. The van der Waals surface area contributed by atoms with Gasteiger partial charge in [0.05, 0.1) is 5.75 Å². The van der Waals surface area contributed by atoms with Gasteiger partial charge in [-0.1, -0.05) is 55.9 Å². The summed E-state index contributed by atoms with van der Waals surface area (Å²) in [7, 11) is 0. The van der Waals surface area contributed by atoms with Crippen LogP contribution in [-0.2, 0) is 11.3 Å². The average molecular weight is 425 g/mol. The van der Waals surface area contributed by atoms with E-state index >= 15 is 0 Å². The fourth-order valence-electron chi connectivity index (χ4n) is 3.04. The molecule has 158 valence electrons. The van der Waals surface area contributed by atoms with Crippen LogP contribution in [0.25, 0.3) is 0 Å². The molecule has 7 heteroatoms. The summed E-state index contributed by atoms with van der Waals surface area (Å²) in [4.78, 5) is 12.4. The molecule has 0 unspecified atom stereocenters. The second-order valence-corrected chi connectivity index (χ2v) is 8.21. The number of carbonyl (C=O) groups excluding carboxylic acids is 1. The largest absolute Gasteiger partial charge is 0.483 e. The molecule has 6 nitrogen and oxygen atoms in total. The molecule has 0 aliphatic carbocycles. The highest BCUT2D eigenvalue weighted by Gasteiger charge is 2.19. The van der Waals surface area contributed by atoms with Crippen molar-refractivity contribution in [1.29, 1.82) is 0 Å². The summed E-state index contributed by atoms with van der Waals surface area (Å²) in [5.74, 6) is 2.19. The lowest BCUT2D eigenvalue weighted by atomic mass is 10.0. The van der Waals surface area contributed by atoms with Gasteiger partial charge in [0.25, 0.3) is 0 Å². The third kappa shape index (κ3) is 5.63. The molecule has 1 heterocycles. The van der Waals surface area contributed by atoms with E-state index in [4.69, 9.17) is 4.74 Å². The minimum absolute atomic E-state index is 0.0712. The Hall–Kier alpha value is -2.80. The molecule has 0 saturated heterocycles. The van der Waals surface area contributed by atoms with Gasteiger partial charge in [-0.05, 0) is 49.6 Å². The number of aromatic nitrogens is 3. The molecule has 0 spiro atoms. The van der Waals surface area contributed by atoms with Crippen LogP contribution in [0.3, 0.4) is 0 Å². The zero-order valence-electron chi connectivity index (χ0n) is 17.8. The molecule has 0 aliphatic heterocycles. The monoisotopic (exact) mass is 424 g/mol. The van der Waals surface area contributed by atoms with Crippen molar-refractivity contribution >= 4 is 23.4 Å². The Bertz CT molecular complexity index is 955. The number of nitrogens with one attached hydrogen (secondary N) is 1. The highest BCUT2D eigenvalue weighted by atomic mass is 32.2. The first-order chi connectivity index (χ1) is 14.5. The van der Waals surface area contributed by atoms with Crippen LogP contribution in [0.1, 0.15) is 51.1 Å². The SMILES string of the molecule is CCn1c(SCC(=O)Nc2ccc(C(C)C)cc2)nnc1[C@@H](C)Oc1ccccc1. The third-order valence-corrected chi connectivity index (χ3v) is 5.64. The van der Waals surface area contributed by atoms with Gasteiger partial charge in [0, 0.05) is 12.2 Å². The lowest BCUT2D eigenvalue weighted by Gasteiger charge is -2.15. The van der Waals surface area contributed by atoms with E-state index in [0.717, 1.165) is 17.3 Å². The van der Waals surface area contributed by atoms with E-state index in [0.29, 0.717) is 17.6 Å². The number of rotatable bonds is 9. The number of hydrogen-bond donors (Lipinski definition) is 1. The molecule has 0 aliphatic rings. The number of ether oxygens (including phenoxy) is 1. The summed E-state index contributed by atoms with van der Waals surface area (Å²) in [5, 5.41) is 12.2. The summed E-state index contributed by atoms with van der Waals surface area (Å²) in [6.45, 7) is 8.97. The molecule has 0 fully saturated rings. The minimum Gasteiger partial charge on any atom is -0.483 e. The van der Waals surface area contributed by atoms with Crippen molar-refractivity contribution in [1.82, 2.24) is 14.8 Å². The van der Waals surface area contributed by atoms with Crippen LogP contribution in [0.15, 0.2) is 59.8 Å². The Morgan fingerprint density at radius 1 is 1.07 bits per heavy atom. The van der Waals surface area contributed by atoms with Gasteiger partial charge in [-0.15, -0.1) is 10.2 Å². The number of hydrogen-bond acceptors (Lipinski definition) is 5. The summed E-state index contributed by atoms with van der Waals surface area (Å²) >= 11 is 1.37. The predicted octanol–water partition coefficient (Wildman–Crippen LogP) is 5.29. The number of thioether (sulfide) groups is 1. The molecule has 1 amide bonds. The van der Waals surface area contributed by atoms with Crippen LogP contribution in [0.5, 0.6) is 5.75 Å². The van der Waals surface area contributed by atoms with Crippen LogP contribution in [0, 0.1) is 0 Å². The van der Waals surface area contributed by atoms with Crippen molar-refractivity contribution in [3.8, 4) is 5.75 Å². The highest BCUT2D eigenvalue weighted by Crippen LogP contribution is 2.25. The van der Waals surface area contributed by atoms with Crippen molar-refractivity contribution < 1.29 is 9.53 Å². The Labute approximate surface area is 182 Å². The van der Waals surface area contributed by atoms with Crippen LogP contribution in [0.2, 0.25) is 0 Å². The van der Waals surface area contributed by atoms with Crippen molar-refractivity contribution in [3.63, 3.8) is 0 Å². The molecule has 0 saturated carbocycles. The molecule has 3 rings (SSSR count). The van der Waals surface area contributed by atoms with E-state index in [-0.39, 0.29) is 17.8 Å². The molecule has 3 aromatic rings. The smallest absolute Gasteiger partial charge is 0.234 e. The maximum Gasteiger partial charge on any atom is 0.234 e. The van der Waals surface area contributed by atoms with Crippen molar-refractivity contribution in [2.75, 3.05) is 11.1 Å². The minimum atomic E-state index is -0.248. The normalized spacial score (nSPS) is 12.0. The van der Waals surface area contributed by atoms with Crippen LogP contribution in [-0.4, -0.2) is 26.4 Å². The Morgan fingerprint density at radius 3 is 2.40 bits per heavy atom. The first-order valence-electron chi connectivity index (χ1n) is 10.1. The second-order valence-electron chi connectivity index (χ2n) is 7.27. The van der Waals surface area contributed by atoms with E-state index in [1.807, 2.05) is 73.0 Å². The van der Waals surface area contributed by atoms with E-state index in [9.17, 15) is 4.79 Å². The number of carbonyl (C=O) groups is 1. The topological polar surface area (TPSA) is 69.0 Å². The van der Waals surface area contributed by atoms with Crippen LogP contribution >= 0.6 is 11.8 Å². The highest BCUT2D eigenvalue weighted by molar-refractivity contribution is 7.99. The second kappa shape index (κ2) is 10.3. The van der Waals surface area contributed by atoms with Gasteiger partial charge >= 0.3 is 0 Å². The number of anilines is 1. The zero-order valence-corrected chi connectivity index (χ0v) is 18.6. The fourth-order valence-corrected chi connectivity index (χ4v) is 3.85. The summed E-state index contributed by atoms with van der Waals surface area (Å²) in [6, 6.07) is 17.6.